The molecule has 1 aromatic rings. The maximum absolute atomic E-state index is 12.4. The third-order valence-electron chi connectivity index (χ3n) is 4.34. The van der Waals surface area contributed by atoms with Gasteiger partial charge in [-0.2, -0.15) is 0 Å². The normalized spacial score (nSPS) is 28.6. The Morgan fingerprint density at radius 2 is 2.32 bits per heavy atom. The lowest BCUT2D eigenvalue weighted by Gasteiger charge is -2.20. The summed E-state index contributed by atoms with van der Waals surface area (Å²) in [6.07, 6.45) is 4.29. The lowest BCUT2D eigenvalue weighted by atomic mass is 9.88. The van der Waals surface area contributed by atoms with E-state index in [1.807, 2.05) is 12.1 Å². The number of anilines is 1. The van der Waals surface area contributed by atoms with E-state index in [0.717, 1.165) is 29.4 Å². The summed E-state index contributed by atoms with van der Waals surface area (Å²) in [4.78, 5) is 12.4. The molecule has 3 atom stereocenters. The maximum Gasteiger partial charge on any atom is 0.229 e. The van der Waals surface area contributed by atoms with Gasteiger partial charge in [0.2, 0.25) is 5.91 Å². The molecule has 2 N–H and O–H groups in total. The number of aryl methyl sites for hydroxylation is 1. The molecule has 2 fully saturated rings. The summed E-state index contributed by atoms with van der Waals surface area (Å²) in [6, 6.07) is 7.01. The van der Waals surface area contributed by atoms with Gasteiger partial charge in [-0.15, -0.1) is 0 Å². The molecule has 2 saturated heterocycles. The van der Waals surface area contributed by atoms with Crippen LogP contribution in [0.15, 0.2) is 22.7 Å². The first-order valence-electron chi connectivity index (χ1n) is 7.02. The molecule has 4 heteroatoms. The minimum Gasteiger partial charge on any atom is -0.326 e. The zero-order valence-electron chi connectivity index (χ0n) is 11.1. The van der Waals surface area contributed by atoms with E-state index in [1.165, 1.54) is 12.0 Å². The molecule has 2 bridgehead atoms. The summed E-state index contributed by atoms with van der Waals surface area (Å²) in [5.41, 5.74) is 2.14. The number of hydrogen-bond donors (Lipinski definition) is 2. The van der Waals surface area contributed by atoms with Crippen LogP contribution in [0.25, 0.3) is 0 Å². The zero-order chi connectivity index (χ0) is 13.4. The largest absolute Gasteiger partial charge is 0.326 e. The van der Waals surface area contributed by atoms with Gasteiger partial charge in [0, 0.05) is 22.2 Å². The van der Waals surface area contributed by atoms with E-state index in [-0.39, 0.29) is 11.8 Å². The van der Waals surface area contributed by atoms with E-state index in [1.54, 1.807) is 0 Å². The number of benzene rings is 1. The molecule has 0 radical (unpaired) electrons. The molecular weight excluding hydrogens is 304 g/mol. The Morgan fingerprint density at radius 3 is 2.95 bits per heavy atom. The summed E-state index contributed by atoms with van der Waals surface area (Å²) >= 11 is 3.47. The van der Waals surface area contributed by atoms with Crippen LogP contribution in [0.1, 0.15) is 31.7 Å². The van der Waals surface area contributed by atoms with E-state index in [9.17, 15) is 4.79 Å². The topological polar surface area (TPSA) is 41.1 Å². The fraction of sp³-hybridized carbons (Fsp3) is 0.533. The number of nitrogens with one attached hydrogen (secondary N) is 2. The van der Waals surface area contributed by atoms with E-state index >= 15 is 0 Å². The molecule has 0 spiro atoms. The van der Waals surface area contributed by atoms with Crippen LogP contribution >= 0.6 is 15.9 Å². The van der Waals surface area contributed by atoms with Crippen LogP contribution < -0.4 is 10.6 Å². The van der Waals surface area contributed by atoms with Crippen LogP contribution in [-0.2, 0) is 11.2 Å². The minimum atomic E-state index is 0.145. The lowest BCUT2D eigenvalue weighted by molar-refractivity contribution is -0.120. The summed E-state index contributed by atoms with van der Waals surface area (Å²) in [7, 11) is 0. The predicted molar refractivity (Wildman–Crippen MR) is 80.2 cm³/mol. The number of amides is 1. The van der Waals surface area contributed by atoms with E-state index < -0.39 is 0 Å². The molecule has 3 rings (SSSR count). The van der Waals surface area contributed by atoms with Crippen LogP contribution in [0, 0.1) is 5.92 Å². The molecule has 3 unspecified atom stereocenters. The molecule has 0 saturated carbocycles. The number of halogens is 1. The van der Waals surface area contributed by atoms with Gasteiger partial charge in [0.15, 0.2) is 0 Å². The highest BCUT2D eigenvalue weighted by atomic mass is 79.9. The summed E-state index contributed by atoms with van der Waals surface area (Å²) in [6.45, 7) is 2.11. The van der Waals surface area contributed by atoms with Gasteiger partial charge >= 0.3 is 0 Å². The van der Waals surface area contributed by atoms with Gasteiger partial charge in [-0.3, -0.25) is 4.79 Å². The van der Waals surface area contributed by atoms with Crippen LogP contribution in [0.3, 0.4) is 0 Å². The summed E-state index contributed by atoms with van der Waals surface area (Å²) in [5, 5.41) is 6.63. The average Bonchev–Trinajstić information content (AvgIpc) is 3.03. The minimum absolute atomic E-state index is 0.145. The van der Waals surface area contributed by atoms with Crippen LogP contribution in [0.4, 0.5) is 5.69 Å². The monoisotopic (exact) mass is 322 g/mol. The molecule has 102 valence electrons. The quantitative estimate of drug-likeness (QED) is 0.897. The van der Waals surface area contributed by atoms with Crippen molar-refractivity contribution in [1.82, 2.24) is 5.32 Å². The van der Waals surface area contributed by atoms with Crippen molar-refractivity contribution < 1.29 is 4.79 Å². The number of carbonyl (C=O) groups excluding carboxylic acids is 1. The second-order valence-electron chi connectivity index (χ2n) is 5.53. The number of hydrogen-bond acceptors (Lipinski definition) is 2. The van der Waals surface area contributed by atoms with Crippen molar-refractivity contribution in [2.75, 3.05) is 5.32 Å². The highest BCUT2D eigenvalue weighted by molar-refractivity contribution is 9.10. The van der Waals surface area contributed by atoms with Crippen molar-refractivity contribution in [2.24, 2.45) is 5.92 Å². The van der Waals surface area contributed by atoms with Gasteiger partial charge in [-0.25, -0.2) is 0 Å². The predicted octanol–water partition coefficient (Wildman–Crippen LogP) is 3.09. The van der Waals surface area contributed by atoms with Gasteiger partial charge in [0.25, 0.3) is 0 Å². The summed E-state index contributed by atoms with van der Waals surface area (Å²) < 4.78 is 1.06. The SMILES string of the molecule is CCc1cc(Br)ccc1NC(=O)C1CC2CCC1N2. The number of carbonyl (C=O) groups is 1. The lowest BCUT2D eigenvalue weighted by Crippen LogP contribution is -2.33. The van der Waals surface area contributed by atoms with Crippen molar-refractivity contribution in [3.63, 3.8) is 0 Å². The molecular formula is C15H19BrN2O. The molecule has 2 aliphatic rings. The van der Waals surface area contributed by atoms with Gasteiger partial charge in [0.1, 0.15) is 0 Å². The third-order valence-corrected chi connectivity index (χ3v) is 4.84. The maximum atomic E-state index is 12.4. The Labute approximate surface area is 122 Å². The Balaban J connectivity index is 1.73. The fourth-order valence-electron chi connectivity index (χ4n) is 3.32. The van der Waals surface area contributed by atoms with Gasteiger partial charge in [-0.05, 0) is 49.4 Å². The number of fused-ring (bicyclic) bond motifs is 2. The molecule has 0 aromatic heterocycles. The molecule has 2 heterocycles. The van der Waals surface area contributed by atoms with Crippen molar-refractivity contribution in [3.05, 3.63) is 28.2 Å². The molecule has 3 nitrogen and oxygen atoms in total. The van der Waals surface area contributed by atoms with Crippen LogP contribution in [0.5, 0.6) is 0 Å². The molecule has 0 aliphatic carbocycles. The van der Waals surface area contributed by atoms with Crippen LogP contribution in [0.2, 0.25) is 0 Å². The Morgan fingerprint density at radius 1 is 1.47 bits per heavy atom. The van der Waals surface area contributed by atoms with Crippen LogP contribution in [-0.4, -0.2) is 18.0 Å². The Bertz CT molecular complexity index is 503. The van der Waals surface area contributed by atoms with Crippen molar-refractivity contribution >= 4 is 27.5 Å². The second kappa shape index (κ2) is 5.25. The van der Waals surface area contributed by atoms with E-state index in [4.69, 9.17) is 0 Å². The molecule has 19 heavy (non-hydrogen) atoms. The fourth-order valence-corrected chi connectivity index (χ4v) is 3.72. The first kappa shape index (κ1) is 13.1. The van der Waals surface area contributed by atoms with Gasteiger partial charge < -0.3 is 10.6 Å². The smallest absolute Gasteiger partial charge is 0.229 e. The summed E-state index contributed by atoms with van der Waals surface area (Å²) in [5.74, 6) is 0.323. The second-order valence-corrected chi connectivity index (χ2v) is 6.45. The van der Waals surface area contributed by atoms with Gasteiger partial charge in [0.05, 0.1) is 5.92 Å². The number of rotatable bonds is 3. The highest BCUT2D eigenvalue weighted by Gasteiger charge is 2.42. The standard InChI is InChI=1S/C15H19BrN2O/c1-2-9-7-10(16)3-5-13(9)18-15(19)12-8-11-4-6-14(12)17-11/h3,5,7,11-12,14,17H,2,4,6,8H2,1H3,(H,18,19). The Kier molecular flexibility index (Phi) is 3.63. The Hall–Kier alpha value is -0.870. The van der Waals surface area contributed by atoms with Crippen molar-refractivity contribution in [1.29, 1.82) is 0 Å². The van der Waals surface area contributed by atoms with Crippen molar-refractivity contribution in [2.45, 2.75) is 44.7 Å². The van der Waals surface area contributed by atoms with E-state index in [2.05, 4.69) is 39.6 Å². The first-order chi connectivity index (χ1) is 9.17. The highest BCUT2D eigenvalue weighted by Crippen LogP contribution is 2.34. The van der Waals surface area contributed by atoms with Crippen molar-refractivity contribution in [3.8, 4) is 0 Å². The first-order valence-corrected chi connectivity index (χ1v) is 7.82. The molecule has 2 aliphatic heterocycles. The zero-order valence-corrected chi connectivity index (χ0v) is 12.7. The third kappa shape index (κ3) is 2.56. The van der Waals surface area contributed by atoms with Gasteiger partial charge in [-0.1, -0.05) is 22.9 Å². The molecule has 1 aromatic carbocycles. The van der Waals surface area contributed by atoms with E-state index in [0.29, 0.717) is 12.1 Å². The molecule has 1 amide bonds. The average molecular weight is 323 g/mol.